The van der Waals surface area contributed by atoms with E-state index in [0.29, 0.717) is 18.4 Å². The van der Waals surface area contributed by atoms with E-state index in [2.05, 4.69) is 38.1 Å². The first-order chi connectivity index (χ1) is 11.5. The SMILES string of the molecule is CC(C)c1ccc(C2CC2C(=O)N2CCSCC2CC(=O)O)cc1. The quantitative estimate of drug-likeness (QED) is 0.887. The zero-order valence-electron chi connectivity index (χ0n) is 14.3. The topological polar surface area (TPSA) is 57.6 Å². The highest BCUT2D eigenvalue weighted by Crippen LogP contribution is 2.49. The Labute approximate surface area is 147 Å². The number of carbonyl (C=O) groups is 2. The second-order valence-corrected chi connectivity index (χ2v) is 8.28. The van der Waals surface area contributed by atoms with Crippen molar-refractivity contribution in [1.82, 2.24) is 4.90 Å². The number of hydrogen-bond acceptors (Lipinski definition) is 3. The number of carboxylic acids is 1. The van der Waals surface area contributed by atoms with Crippen LogP contribution in [0.15, 0.2) is 24.3 Å². The predicted molar refractivity (Wildman–Crippen MR) is 96.5 cm³/mol. The van der Waals surface area contributed by atoms with E-state index in [4.69, 9.17) is 5.11 Å². The molecule has 1 heterocycles. The van der Waals surface area contributed by atoms with Gasteiger partial charge in [-0.15, -0.1) is 0 Å². The monoisotopic (exact) mass is 347 g/mol. The van der Waals surface area contributed by atoms with Gasteiger partial charge in [0.25, 0.3) is 0 Å². The van der Waals surface area contributed by atoms with Gasteiger partial charge in [-0.25, -0.2) is 0 Å². The molecule has 130 valence electrons. The molecule has 1 aromatic rings. The summed E-state index contributed by atoms with van der Waals surface area (Å²) in [6.45, 7) is 5.03. The van der Waals surface area contributed by atoms with E-state index in [1.807, 2.05) is 4.90 Å². The Kier molecular flexibility index (Phi) is 5.18. The fourth-order valence-corrected chi connectivity index (χ4v) is 4.56. The number of carboxylic acid groups (broad SMARTS) is 1. The zero-order chi connectivity index (χ0) is 17.3. The number of thioether (sulfide) groups is 1. The summed E-state index contributed by atoms with van der Waals surface area (Å²) >= 11 is 1.74. The molecule has 0 bridgehead atoms. The molecule has 3 atom stereocenters. The molecule has 2 fully saturated rings. The molecular formula is C19H25NO3S. The summed E-state index contributed by atoms with van der Waals surface area (Å²) < 4.78 is 0. The van der Waals surface area contributed by atoms with E-state index in [1.54, 1.807) is 11.8 Å². The first-order valence-electron chi connectivity index (χ1n) is 8.67. The van der Waals surface area contributed by atoms with Gasteiger partial charge in [0.15, 0.2) is 0 Å². The van der Waals surface area contributed by atoms with E-state index in [0.717, 1.165) is 17.9 Å². The Balaban J connectivity index is 1.64. The summed E-state index contributed by atoms with van der Waals surface area (Å²) in [5.41, 5.74) is 2.55. The molecule has 0 radical (unpaired) electrons. The fourth-order valence-electron chi connectivity index (χ4n) is 3.49. The Bertz CT molecular complexity index is 614. The zero-order valence-corrected chi connectivity index (χ0v) is 15.1. The molecule has 1 aliphatic heterocycles. The van der Waals surface area contributed by atoms with Gasteiger partial charge in [0.1, 0.15) is 0 Å². The molecule has 2 aliphatic rings. The molecule has 0 aromatic heterocycles. The van der Waals surface area contributed by atoms with Gasteiger partial charge in [-0.3, -0.25) is 9.59 Å². The second kappa shape index (κ2) is 7.18. The van der Waals surface area contributed by atoms with Crippen LogP contribution in [0.5, 0.6) is 0 Å². The molecule has 3 rings (SSSR count). The summed E-state index contributed by atoms with van der Waals surface area (Å²) in [7, 11) is 0. The van der Waals surface area contributed by atoms with Gasteiger partial charge in [0, 0.05) is 24.0 Å². The van der Waals surface area contributed by atoms with Crippen molar-refractivity contribution < 1.29 is 14.7 Å². The van der Waals surface area contributed by atoms with Crippen molar-refractivity contribution in [2.75, 3.05) is 18.1 Å². The maximum Gasteiger partial charge on any atom is 0.305 e. The highest BCUT2D eigenvalue weighted by molar-refractivity contribution is 7.99. The predicted octanol–water partition coefficient (Wildman–Crippen LogP) is 3.33. The van der Waals surface area contributed by atoms with E-state index < -0.39 is 5.97 Å². The van der Waals surface area contributed by atoms with Crippen LogP contribution in [0.1, 0.15) is 49.7 Å². The number of rotatable bonds is 5. The molecule has 1 amide bonds. The molecule has 1 saturated heterocycles. The summed E-state index contributed by atoms with van der Waals surface area (Å²) in [5.74, 6) is 1.82. The summed E-state index contributed by atoms with van der Waals surface area (Å²) in [5, 5.41) is 9.07. The van der Waals surface area contributed by atoms with Gasteiger partial charge in [0.05, 0.1) is 12.5 Å². The smallest absolute Gasteiger partial charge is 0.305 e. The van der Waals surface area contributed by atoms with Crippen LogP contribution >= 0.6 is 11.8 Å². The van der Waals surface area contributed by atoms with Gasteiger partial charge in [-0.05, 0) is 29.4 Å². The van der Waals surface area contributed by atoms with Crippen LogP contribution in [-0.4, -0.2) is 46.0 Å². The van der Waals surface area contributed by atoms with Gasteiger partial charge < -0.3 is 10.0 Å². The number of amides is 1. The third kappa shape index (κ3) is 3.77. The highest BCUT2D eigenvalue weighted by Gasteiger charge is 2.47. The molecule has 1 aromatic carbocycles. The molecule has 3 unspecified atom stereocenters. The van der Waals surface area contributed by atoms with Crippen LogP contribution < -0.4 is 0 Å². The van der Waals surface area contributed by atoms with Gasteiger partial charge in [0.2, 0.25) is 5.91 Å². The van der Waals surface area contributed by atoms with E-state index in [9.17, 15) is 9.59 Å². The molecule has 4 nitrogen and oxygen atoms in total. The first-order valence-corrected chi connectivity index (χ1v) is 9.82. The average molecular weight is 347 g/mol. The number of hydrogen-bond donors (Lipinski definition) is 1. The summed E-state index contributed by atoms with van der Waals surface area (Å²) in [4.78, 5) is 25.7. The lowest BCUT2D eigenvalue weighted by Gasteiger charge is -2.35. The molecule has 0 spiro atoms. The summed E-state index contributed by atoms with van der Waals surface area (Å²) in [6, 6.07) is 8.45. The van der Waals surface area contributed by atoms with E-state index in [1.165, 1.54) is 11.1 Å². The largest absolute Gasteiger partial charge is 0.481 e. The van der Waals surface area contributed by atoms with Crippen molar-refractivity contribution in [3.8, 4) is 0 Å². The normalized spacial score (nSPS) is 26.5. The van der Waals surface area contributed by atoms with Crippen LogP contribution in [-0.2, 0) is 9.59 Å². The maximum atomic E-state index is 12.8. The number of nitrogens with zero attached hydrogens (tertiary/aromatic N) is 1. The second-order valence-electron chi connectivity index (χ2n) is 7.13. The van der Waals surface area contributed by atoms with Crippen molar-refractivity contribution in [2.45, 2.75) is 44.6 Å². The van der Waals surface area contributed by atoms with Gasteiger partial charge in [-0.2, -0.15) is 11.8 Å². The molecule has 1 saturated carbocycles. The first kappa shape index (κ1) is 17.3. The number of benzene rings is 1. The fraction of sp³-hybridized carbons (Fsp3) is 0.579. The van der Waals surface area contributed by atoms with Crippen LogP contribution in [0, 0.1) is 5.92 Å². The standard InChI is InChI=1S/C19H25NO3S/c1-12(2)13-3-5-14(6-4-13)16-10-17(16)19(23)20-7-8-24-11-15(20)9-18(21)22/h3-6,12,15-17H,7-11H2,1-2H3,(H,21,22). The third-order valence-electron chi connectivity index (χ3n) is 5.06. The van der Waals surface area contributed by atoms with Gasteiger partial charge >= 0.3 is 5.97 Å². The minimum absolute atomic E-state index is 0.0364. The van der Waals surface area contributed by atoms with Crippen LogP contribution in [0.25, 0.3) is 0 Å². The molecule has 1 N–H and O–H groups in total. The molecule has 5 heteroatoms. The van der Waals surface area contributed by atoms with Crippen molar-refractivity contribution in [1.29, 1.82) is 0 Å². The van der Waals surface area contributed by atoms with Crippen LogP contribution in [0.2, 0.25) is 0 Å². The Morgan fingerprint density at radius 2 is 2.00 bits per heavy atom. The van der Waals surface area contributed by atoms with E-state index >= 15 is 0 Å². The molecule has 1 aliphatic carbocycles. The Hall–Kier alpha value is -1.49. The number of aliphatic carboxylic acids is 1. The van der Waals surface area contributed by atoms with Crippen molar-refractivity contribution in [3.05, 3.63) is 35.4 Å². The molecular weight excluding hydrogens is 322 g/mol. The van der Waals surface area contributed by atoms with Crippen LogP contribution in [0.4, 0.5) is 0 Å². The van der Waals surface area contributed by atoms with E-state index in [-0.39, 0.29) is 24.3 Å². The summed E-state index contributed by atoms with van der Waals surface area (Å²) in [6.07, 6.45) is 0.947. The number of carbonyl (C=O) groups excluding carboxylic acids is 1. The maximum absolute atomic E-state index is 12.8. The van der Waals surface area contributed by atoms with Gasteiger partial charge in [-0.1, -0.05) is 38.1 Å². The minimum atomic E-state index is -0.822. The minimum Gasteiger partial charge on any atom is -0.481 e. The lowest BCUT2D eigenvalue weighted by Crippen LogP contribution is -2.47. The Morgan fingerprint density at radius 3 is 2.62 bits per heavy atom. The average Bonchev–Trinajstić information content (AvgIpc) is 3.35. The lowest BCUT2D eigenvalue weighted by atomic mass is 9.99. The van der Waals surface area contributed by atoms with Crippen molar-refractivity contribution >= 4 is 23.6 Å². The van der Waals surface area contributed by atoms with Crippen molar-refractivity contribution in [3.63, 3.8) is 0 Å². The highest BCUT2D eigenvalue weighted by atomic mass is 32.2. The Morgan fingerprint density at radius 1 is 1.29 bits per heavy atom. The molecule has 24 heavy (non-hydrogen) atoms. The third-order valence-corrected chi connectivity index (χ3v) is 6.15. The van der Waals surface area contributed by atoms with Crippen molar-refractivity contribution in [2.24, 2.45) is 5.92 Å². The van der Waals surface area contributed by atoms with Crippen LogP contribution in [0.3, 0.4) is 0 Å². The lowest BCUT2D eigenvalue weighted by molar-refractivity contribution is -0.140.